The van der Waals surface area contributed by atoms with E-state index in [0.717, 1.165) is 18.4 Å². The van der Waals surface area contributed by atoms with Gasteiger partial charge in [0.25, 0.3) is 0 Å². The molecule has 0 aromatic heterocycles. The number of benzene rings is 1. The third-order valence-corrected chi connectivity index (χ3v) is 3.88. The second kappa shape index (κ2) is 8.74. The largest absolute Gasteiger partial charge is 0.387 e. The van der Waals surface area contributed by atoms with E-state index < -0.39 is 6.10 Å². The maximum Gasteiger partial charge on any atom is 0.300 e. The average molecular weight is 324 g/mol. The minimum absolute atomic E-state index is 0. The highest BCUT2D eigenvalue weighted by Crippen LogP contribution is 2.19. The average Bonchev–Trinajstić information content (AvgIpc) is 3.01. The van der Waals surface area contributed by atoms with E-state index in [1.807, 2.05) is 37.3 Å². The van der Waals surface area contributed by atoms with Crippen LogP contribution in [-0.2, 0) is 4.79 Å². The van der Waals surface area contributed by atoms with Crippen molar-refractivity contribution in [1.29, 1.82) is 0 Å². The van der Waals surface area contributed by atoms with Crippen LogP contribution in [0.4, 0.5) is 0 Å². The normalized spacial score (nSPS) is 19.9. The van der Waals surface area contributed by atoms with Crippen molar-refractivity contribution < 1.29 is 9.90 Å². The number of rotatable bonds is 5. The van der Waals surface area contributed by atoms with Crippen molar-refractivity contribution in [3.8, 4) is 0 Å². The monoisotopic (exact) mass is 323 g/mol. The summed E-state index contributed by atoms with van der Waals surface area (Å²) in [6.07, 6.45) is 0.682. The van der Waals surface area contributed by atoms with Gasteiger partial charge in [-0.3, -0.25) is 14.5 Å². The number of carbonyl (C=O) groups is 1. The van der Waals surface area contributed by atoms with Crippen LogP contribution in [0.1, 0.15) is 31.4 Å². The molecule has 120 valence electrons. The molecule has 0 aliphatic carbocycles. The molecule has 2 rings (SSSR count). The molecule has 1 aromatic carbocycles. The zero-order chi connectivity index (χ0) is 15.2. The molecule has 1 saturated heterocycles. The van der Waals surface area contributed by atoms with Gasteiger partial charge in [-0.2, -0.15) is 0 Å². The molecule has 1 fully saturated rings. The Bertz CT molecular complexity index is 518. The third-order valence-electron chi connectivity index (χ3n) is 3.88. The Kier molecular flexibility index (Phi) is 7.33. The number of halogens is 1. The summed E-state index contributed by atoms with van der Waals surface area (Å²) in [5, 5.41) is 13.3. The summed E-state index contributed by atoms with van der Waals surface area (Å²) in [7, 11) is 0. The van der Waals surface area contributed by atoms with Crippen LogP contribution in [-0.4, -0.2) is 41.2 Å². The summed E-state index contributed by atoms with van der Waals surface area (Å²) in [5.74, 6) is -0.0689. The summed E-state index contributed by atoms with van der Waals surface area (Å²) in [4.78, 5) is 17.2. The van der Waals surface area contributed by atoms with Crippen LogP contribution in [0.5, 0.6) is 0 Å². The highest BCUT2D eigenvalue weighted by molar-refractivity contribution is 5.85. The van der Waals surface area contributed by atoms with E-state index >= 15 is 0 Å². The lowest BCUT2D eigenvalue weighted by atomic mass is 10.0. The summed E-state index contributed by atoms with van der Waals surface area (Å²) in [6, 6.07) is 9.14. The molecular formula is C16H22ClN3O2. The Morgan fingerprint density at radius 2 is 2.18 bits per heavy atom. The van der Waals surface area contributed by atoms with Crippen LogP contribution in [0.25, 0.3) is 4.85 Å². The summed E-state index contributed by atoms with van der Waals surface area (Å²) in [6.45, 7) is 9.75. The van der Waals surface area contributed by atoms with Gasteiger partial charge in [-0.15, -0.1) is 12.4 Å². The topological polar surface area (TPSA) is 56.9 Å². The van der Waals surface area contributed by atoms with Gasteiger partial charge in [0, 0.05) is 19.0 Å². The maximum atomic E-state index is 12.1. The molecule has 0 bridgehead atoms. The van der Waals surface area contributed by atoms with Crippen LogP contribution in [0.2, 0.25) is 0 Å². The SMILES string of the molecule is Cl.[C-]#[N+][C@@H]1CCCN1C(=O)CN[C@@H](C)[C@H](O)c1ccccc1. The molecule has 2 N–H and O–H groups in total. The van der Waals surface area contributed by atoms with E-state index in [1.165, 1.54) is 0 Å². The Labute approximate surface area is 137 Å². The van der Waals surface area contributed by atoms with Crippen LogP contribution in [0, 0.1) is 6.57 Å². The minimum Gasteiger partial charge on any atom is -0.387 e. The van der Waals surface area contributed by atoms with E-state index in [2.05, 4.69) is 10.2 Å². The molecule has 22 heavy (non-hydrogen) atoms. The van der Waals surface area contributed by atoms with Crippen molar-refractivity contribution in [2.45, 2.75) is 38.1 Å². The summed E-state index contributed by atoms with van der Waals surface area (Å²) in [5.41, 5.74) is 0.824. The molecule has 0 radical (unpaired) electrons. The first-order valence-corrected chi connectivity index (χ1v) is 7.26. The summed E-state index contributed by atoms with van der Waals surface area (Å²) >= 11 is 0. The number of nitrogens with one attached hydrogen (secondary N) is 1. The maximum absolute atomic E-state index is 12.1. The van der Waals surface area contributed by atoms with Gasteiger partial charge in [0.1, 0.15) is 0 Å². The van der Waals surface area contributed by atoms with Crippen LogP contribution >= 0.6 is 12.4 Å². The molecule has 1 aliphatic heterocycles. The fourth-order valence-electron chi connectivity index (χ4n) is 2.57. The Hall–Kier alpha value is -1.61. The zero-order valence-electron chi connectivity index (χ0n) is 12.6. The van der Waals surface area contributed by atoms with Gasteiger partial charge in [0.2, 0.25) is 5.91 Å². The van der Waals surface area contributed by atoms with Gasteiger partial charge in [-0.05, 0) is 18.9 Å². The van der Waals surface area contributed by atoms with Crippen LogP contribution in [0.3, 0.4) is 0 Å². The van der Waals surface area contributed by atoms with E-state index in [0.29, 0.717) is 6.54 Å². The smallest absolute Gasteiger partial charge is 0.300 e. The molecule has 0 saturated carbocycles. The number of carbonyl (C=O) groups excluding carboxylic acids is 1. The quantitative estimate of drug-likeness (QED) is 0.815. The Balaban J connectivity index is 0.00000242. The predicted octanol–water partition coefficient (Wildman–Crippen LogP) is 1.99. The number of aliphatic hydroxyl groups excluding tert-OH is 1. The highest BCUT2D eigenvalue weighted by Gasteiger charge is 2.32. The molecule has 0 spiro atoms. The van der Waals surface area contributed by atoms with Crippen molar-refractivity contribution in [2.75, 3.05) is 13.1 Å². The molecule has 1 aliphatic rings. The van der Waals surface area contributed by atoms with Gasteiger partial charge in [-0.1, -0.05) is 30.3 Å². The molecule has 3 atom stereocenters. The minimum atomic E-state index is -0.658. The van der Waals surface area contributed by atoms with Gasteiger partial charge < -0.3 is 10.4 Å². The molecule has 1 aromatic rings. The Morgan fingerprint density at radius 3 is 2.82 bits per heavy atom. The van der Waals surface area contributed by atoms with Crippen LogP contribution in [0.15, 0.2) is 30.3 Å². The number of nitrogens with zero attached hydrogens (tertiary/aromatic N) is 2. The van der Waals surface area contributed by atoms with E-state index in [1.54, 1.807) is 4.90 Å². The standard InChI is InChI=1S/C16H21N3O2.ClH/c1-12(16(21)13-7-4-3-5-8-13)18-11-15(20)19-10-6-9-14(19)17-2;/h3-5,7-8,12,14,16,18,21H,6,9-11H2,1H3;1H/t12-,14-,16-;/m0./s1. The number of hydrogen-bond donors (Lipinski definition) is 2. The second-order valence-electron chi connectivity index (χ2n) is 5.36. The van der Waals surface area contributed by atoms with Crippen molar-refractivity contribution in [3.05, 3.63) is 47.3 Å². The lowest BCUT2D eigenvalue weighted by Gasteiger charge is -2.22. The number of hydrogen-bond acceptors (Lipinski definition) is 3. The summed E-state index contributed by atoms with van der Waals surface area (Å²) < 4.78 is 0. The first-order chi connectivity index (χ1) is 10.1. The van der Waals surface area contributed by atoms with E-state index in [-0.39, 0.29) is 37.1 Å². The molecule has 1 heterocycles. The molecule has 0 unspecified atom stereocenters. The molecule has 1 amide bonds. The van der Waals surface area contributed by atoms with E-state index in [9.17, 15) is 9.90 Å². The lowest BCUT2D eigenvalue weighted by molar-refractivity contribution is -0.130. The van der Waals surface area contributed by atoms with Gasteiger partial charge >= 0.3 is 6.17 Å². The lowest BCUT2D eigenvalue weighted by Crippen LogP contribution is -2.43. The van der Waals surface area contributed by atoms with Gasteiger partial charge in [0.05, 0.1) is 12.6 Å². The van der Waals surface area contributed by atoms with Crippen molar-refractivity contribution in [3.63, 3.8) is 0 Å². The van der Waals surface area contributed by atoms with Crippen molar-refractivity contribution >= 4 is 18.3 Å². The third kappa shape index (κ3) is 4.44. The Morgan fingerprint density at radius 1 is 1.50 bits per heavy atom. The highest BCUT2D eigenvalue weighted by atomic mass is 35.5. The van der Waals surface area contributed by atoms with Crippen LogP contribution < -0.4 is 5.32 Å². The molecular weight excluding hydrogens is 302 g/mol. The van der Waals surface area contributed by atoms with E-state index in [4.69, 9.17) is 6.57 Å². The van der Waals surface area contributed by atoms with Crippen molar-refractivity contribution in [1.82, 2.24) is 10.2 Å². The van der Waals surface area contributed by atoms with Crippen molar-refractivity contribution in [2.24, 2.45) is 0 Å². The fraction of sp³-hybridized carbons (Fsp3) is 0.500. The number of aliphatic hydroxyl groups is 1. The number of likely N-dealkylation sites (tertiary alicyclic amines) is 1. The molecule has 6 heteroatoms. The fourth-order valence-corrected chi connectivity index (χ4v) is 2.57. The van der Waals surface area contributed by atoms with Gasteiger partial charge in [-0.25, -0.2) is 6.57 Å². The molecule has 5 nitrogen and oxygen atoms in total. The number of amides is 1. The van der Waals surface area contributed by atoms with Gasteiger partial charge in [0.15, 0.2) is 0 Å². The second-order valence-corrected chi connectivity index (χ2v) is 5.36. The first-order valence-electron chi connectivity index (χ1n) is 7.26. The first kappa shape index (κ1) is 18.4. The zero-order valence-corrected chi connectivity index (χ0v) is 13.4. The predicted molar refractivity (Wildman–Crippen MR) is 87.5 cm³/mol.